The quantitative estimate of drug-likeness (QED) is 0.284. The van der Waals surface area contributed by atoms with Crippen molar-refractivity contribution in [3.05, 3.63) is 84.2 Å². The number of nitrogens with one attached hydrogen (secondary N) is 2. The van der Waals surface area contributed by atoms with Crippen LogP contribution in [0, 0.1) is 12.7 Å². The molecule has 0 aliphatic carbocycles. The minimum atomic E-state index is -3.87. The molecule has 0 bridgehead atoms. The summed E-state index contributed by atoms with van der Waals surface area (Å²) in [6, 6.07) is 19.5. The molecule has 162 valence electrons. The summed E-state index contributed by atoms with van der Waals surface area (Å²) in [5.74, 6) is -0.0205. The monoisotopic (exact) mass is 458 g/mol. The minimum Gasteiger partial charge on any atom is -0.375 e. The highest BCUT2D eigenvalue weighted by Gasteiger charge is 2.22. The summed E-state index contributed by atoms with van der Waals surface area (Å²) in [7, 11) is -3.87. The maximum Gasteiger partial charge on any atom is 0.239 e. The Morgan fingerprint density at radius 2 is 1.71 bits per heavy atom. The van der Waals surface area contributed by atoms with E-state index in [-0.39, 0.29) is 22.2 Å². The van der Waals surface area contributed by atoms with Crippen LogP contribution >= 0.6 is 11.8 Å². The molecule has 3 aromatic rings. The van der Waals surface area contributed by atoms with Gasteiger partial charge in [0.25, 0.3) is 0 Å². The fourth-order valence-corrected chi connectivity index (χ4v) is 5.16. The second kappa shape index (κ2) is 10.5. The summed E-state index contributed by atoms with van der Waals surface area (Å²) in [5.41, 5.74) is 1.08. The van der Waals surface area contributed by atoms with Crippen LogP contribution in [-0.2, 0) is 14.6 Å². The van der Waals surface area contributed by atoms with Gasteiger partial charge in [0, 0.05) is 17.2 Å². The zero-order chi connectivity index (χ0) is 22.3. The number of sulfone groups is 1. The molecular formula is C23H23FN2O3S2. The van der Waals surface area contributed by atoms with Crippen molar-refractivity contribution in [2.24, 2.45) is 0 Å². The molecular weight excluding hydrogens is 435 g/mol. The van der Waals surface area contributed by atoms with Crippen molar-refractivity contribution >= 4 is 33.2 Å². The highest BCUT2D eigenvalue weighted by molar-refractivity contribution is 7.99. The molecule has 0 heterocycles. The number of rotatable bonds is 9. The fourth-order valence-electron chi connectivity index (χ4n) is 2.85. The lowest BCUT2D eigenvalue weighted by Crippen LogP contribution is -2.31. The predicted molar refractivity (Wildman–Crippen MR) is 122 cm³/mol. The largest absolute Gasteiger partial charge is 0.375 e. The van der Waals surface area contributed by atoms with Crippen LogP contribution in [0.3, 0.4) is 0 Å². The summed E-state index contributed by atoms with van der Waals surface area (Å²) in [4.78, 5) is 13.4. The Morgan fingerprint density at radius 3 is 2.42 bits per heavy atom. The van der Waals surface area contributed by atoms with Gasteiger partial charge in [0.15, 0.2) is 0 Å². The lowest BCUT2D eigenvalue weighted by molar-refractivity contribution is -0.119. The van der Waals surface area contributed by atoms with Crippen LogP contribution in [-0.4, -0.2) is 33.2 Å². The van der Waals surface area contributed by atoms with Crippen molar-refractivity contribution in [2.75, 3.05) is 24.2 Å². The second-order valence-corrected chi connectivity index (χ2v) is 9.91. The molecule has 1 amide bonds. The highest BCUT2D eigenvalue weighted by Crippen LogP contribution is 2.29. The van der Waals surface area contributed by atoms with E-state index >= 15 is 0 Å². The molecule has 0 aliphatic heterocycles. The average molecular weight is 459 g/mol. The first-order chi connectivity index (χ1) is 14.9. The van der Waals surface area contributed by atoms with Gasteiger partial charge < -0.3 is 10.6 Å². The third-order valence-corrected chi connectivity index (χ3v) is 7.25. The van der Waals surface area contributed by atoms with E-state index in [1.807, 2.05) is 30.3 Å². The number of amides is 1. The van der Waals surface area contributed by atoms with E-state index in [0.29, 0.717) is 12.2 Å². The molecule has 0 saturated heterocycles. The lowest BCUT2D eigenvalue weighted by Gasteiger charge is -2.14. The van der Waals surface area contributed by atoms with Crippen LogP contribution in [0.4, 0.5) is 10.1 Å². The molecule has 8 heteroatoms. The van der Waals surface area contributed by atoms with Crippen molar-refractivity contribution in [3.63, 3.8) is 0 Å². The van der Waals surface area contributed by atoms with Crippen LogP contribution in [0.5, 0.6) is 0 Å². The van der Waals surface area contributed by atoms with Crippen LogP contribution in [0.25, 0.3) is 0 Å². The summed E-state index contributed by atoms with van der Waals surface area (Å²) in [6.45, 7) is 2.21. The molecule has 0 saturated carbocycles. The summed E-state index contributed by atoms with van der Waals surface area (Å²) in [5, 5.41) is 5.73. The smallest absolute Gasteiger partial charge is 0.239 e. The molecule has 3 aromatic carbocycles. The number of anilines is 1. The number of benzene rings is 3. The van der Waals surface area contributed by atoms with E-state index in [9.17, 15) is 17.6 Å². The number of thioether (sulfide) groups is 1. The Balaban J connectivity index is 1.61. The van der Waals surface area contributed by atoms with Crippen LogP contribution < -0.4 is 10.6 Å². The number of aryl methyl sites for hydroxylation is 1. The third kappa shape index (κ3) is 6.32. The standard InChI is InChI=1S/C23H23FN2O3S2/c1-17-7-12-21(22(15-17)31(28,29)20-10-8-18(24)9-11-20)26-16-23(27)25-13-14-30-19-5-3-2-4-6-19/h2-12,15,26H,13-14,16H2,1H3,(H,25,27). The SMILES string of the molecule is Cc1ccc(NCC(=O)NCCSc2ccccc2)c(S(=O)(=O)c2ccc(F)cc2)c1. The van der Waals surface area contributed by atoms with Gasteiger partial charge in [-0.2, -0.15) is 0 Å². The first kappa shape index (κ1) is 22.8. The first-order valence-electron chi connectivity index (χ1n) is 9.66. The van der Waals surface area contributed by atoms with E-state index in [1.54, 1.807) is 30.8 Å². The van der Waals surface area contributed by atoms with Gasteiger partial charge in [-0.25, -0.2) is 12.8 Å². The van der Waals surface area contributed by atoms with Gasteiger partial charge in [0.2, 0.25) is 15.7 Å². The maximum atomic E-state index is 13.2. The van der Waals surface area contributed by atoms with Gasteiger partial charge >= 0.3 is 0 Å². The molecule has 0 spiro atoms. The summed E-state index contributed by atoms with van der Waals surface area (Å²) >= 11 is 1.64. The van der Waals surface area contributed by atoms with Gasteiger partial charge in [0.05, 0.1) is 22.0 Å². The Hall–Kier alpha value is -2.84. The van der Waals surface area contributed by atoms with Crippen molar-refractivity contribution < 1.29 is 17.6 Å². The topological polar surface area (TPSA) is 75.3 Å². The summed E-state index contributed by atoms with van der Waals surface area (Å²) in [6.07, 6.45) is 0. The normalized spacial score (nSPS) is 11.2. The maximum absolute atomic E-state index is 13.2. The number of hydrogen-bond acceptors (Lipinski definition) is 5. The van der Waals surface area contributed by atoms with Gasteiger partial charge in [-0.15, -0.1) is 11.8 Å². The van der Waals surface area contributed by atoms with Crippen molar-refractivity contribution in [3.8, 4) is 0 Å². The average Bonchev–Trinajstić information content (AvgIpc) is 2.77. The number of carbonyl (C=O) groups excluding carboxylic acids is 1. The highest BCUT2D eigenvalue weighted by atomic mass is 32.2. The van der Waals surface area contributed by atoms with E-state index in [2.05, 4.69) is 10.6 Å². The molecule has 0 aliphatic rings. The van der Waals surface area contributed by atoms with Crippen LogP contribution in [0.15, 0.2) is 87.5 Å². The van der Waals surface area contributed by atoms with E-state index in [4.69, 9.17) is 0 Å². The molecule has 31 heavy (non-hydrogen) atoms. The van der Waals surface area contributed by atoms with Crippen molar-refractivity contribution in [1.82, 2.24) is 5.32 Å². The number of halogens is 1. The Bertz CT molecular complexity index is 1140. The molecule has 0 radical (unpaired) electrons. The number of hydrogen-bond donors (Lipinski definition) is 2. The zero-order valence-corrected chi connectivity index (χ0v) is 18.6. The second-order valence-electron chi connectivity index (χ2n) is 6.82. The zero-order valence-electron chi connectivity index (χ0n) is 17.0. The fraction of sp³-hybridized carbons (Fsp3) is 0.174. The van der Waals surface area contributed by atoms with Crippen molar-refractivity contribution in [1.29, 1.82) is 0 Å². The summed E-state index contributed by atoms with van der Waals surface area (Å²) < 4.78 is 39.3. The molecule has 0 unspecified atom stereocenters. The van der Waals surface area contributed by atoms with Crippen LogP contribution in [0.1, 0.15) is 5.56 Å². The Morgan fingerprint density at radius 1 is 1.00 bits per heavy atom. The van der Waals surface area contributed by atoms with E-state index < -0.39 is 15.7 Å². The predicted octanol–water partition coefficient (Wildman–Crippen LogP) is 4.29. The molecule has 0 atom stereocenters. The number of carbonyl (C=O) groups is 1. The third-order valence-electron chi connectivity index (χ3n) is 4.43. The molecule has 5 nitrogen and oxygen atoms in total. The lowest BCUT2D eigenvalue weighted by atomic mass is 10.2. The molecule has 2 N–H and O–H groups in total. The van der Waals surface area contributed by atoms with E-state index in [1.165, 1.54) is 18.2 Å². The minimum absolute atomic E-state index is 0.00932. The Labute approximate surface area is 186 Å². The van der Waals surface area contributed by atoms with E-state index in [0.717, 1.165) is 28.3 Å². The molecule has 3 rings (SSSR count). The first-order valence-corrected chi connectivity index (χ1v) is 12.1. The van der Waals surface area contributed by atoms with Crippen LogP contribution in [0.2, 0.25) is 0 Å². The Kier molecular flexibility index (Phi) is 7.70. The molecule has 0 fully saturated rings. The molecule has 0 aromatic heterocycles. The van der Waals surface area contributed by atoms with Gasteiger partial charge in [-0.1, -0.05) is 24.3 Å². The van der Waals surface area contributed by atoms with Gasteiger partial charge in [-0.05, 0) is 61.0 Å². The van der Waals surface area contributed by atoms with Gasteiger partial charge in [0.1, 0.15) is 5.82 Å². The van der Waals surface area contributed by atoms with Crippen molar-refractivity contribution in [2.45, 2.75) is 21.6 Å². The van der Waals surface area contributed by atoms with Gasteiger partial charge in [-0.3, -0.25) is 4.79 Å².